The minimum Gasteiger partial charge on any atom is -0.858 e. The lowest BCUT2D eigenvalue weighted by molar-refractivity contribution is -0.274. The van der Waals surface area contributed by atoms with Crippen LogP contribution in [0.4, 0.5) is 5.69 Å². The minimum atomic E-state index is -0.510. The first kappa shape index (κ1) is 18.4. The standard InChI is InChI=1S/C19H24N4O3/c1-12(25-3)15-9-13-16(11-21-15)22-18(24)14(10-20)17(13)23-7-5-19(2,26-4)6-8-23/h9,11-12H,5-8H2,1-4H3,(H,22,24)/p-1. The molecule has 0 bridgehead atoms. The molecule has 1 unspecified atom stereocenters. The Bertz CT molecular complexity index is 854. The summed E-state index contributed by atoms with van der Waals surface area (Å²) in [5.74, 6) is -0.510. The highest BCUT2D eigenvalue weighted by Gasteiger charge is 2.31. The Morgan fingerprint density at radius 1 is 1.35 bits per heavy atom. The van der Waals surface area contributed by atoms with E-state index in [-0.39, 0.29) is 17.3 Å². The number of anilines is 1. The molecule has 3 rings (SSSR count). The molecule has 0 spiro atoms. The molecule has 0 saturated carbocycles. The molecule has 1 aliphatic heterocycles. The molecule has 7 nitrogen and oxygen atoms in total. The molecule has 0 radical (unpaired) electrons. The number of ether oxygens (including phenoxy) is 2. The van der Waals surface area contributed by atoms with E-state index in [9.17, 15) is 10.4 Å². The molecule has 2 aromatic heterocycles. The number of hydrogen-bond acceptors (Lipinski definition) is 7. The van der Waals surface area contributed by atoms with Gasteiger partial charge in [-0.1, -0.05) is 0 Å². The Morgan fingerprint density at radius 3 is 2.62 bits per heavy atom. The van der Waals surface area contributed by atoms with Gasteiger partial charge in [0.15, 0.2) is 0 Å². The molecule has 7 heteroatoms. The predicted molar refractivity (Wildman–Crippen MR) is 96.0 cm³/mol. The molecule has 1 fully saturated rings. The van der Waals surface area contributed by atoms with Crippen LogP contribution in [0.15, 0.2) is 12.3 Å². The van der Waals surface area contributed by atoms with Crippen molar-refractivity contribution in [2.24, 2.45) is 0 Å². The highest BCUT2D eigenvalue weighted by Crippen LogP contribution is 2.37. The molecule has 0 aliphatic carbocycles. The van der Waals surface area contributed by atoms with Crippen LogP contribution in [0.25, 0.3) is 10.9 Å². The fraction of sp³-hybridized carbons (Fsp3) is 0.526. The highest BCUT2D eigenvalue weighted by molar-refractivity contribution is 5.95. The Hall–Kier alpha value is -2.43. The number of pyridine rings is 2. The number of piperidine rings is 1. The average Bonchev–Trinajstić information content (AvgIpc) is 2.66. The van der Waals surface area contributed by atoms with E-state index in [1.165, 1.54) is 0 Å². The first-order valence-corrected chi connectivity index (χ1v) is 8.66. The number of hydrogen-bond donors (Lipinski definition) is 0. The third-order valence-corrected chi connectivity index (χ3v) is 5.34. The second kappa shape index (κ2) is 7.06. The zero-order valence-electron chi connectivity index (χ0n) is 15.6. The van der Waals surface area contributed by atoms with E-state index < -0.39 is 5.88 Å². The molecular weight excluding hydrogens is 332 g/mol. The van der Waals surface area contributed by atoms with Crippen LogP contribution in [0.2, 0.25) is 0 Å². The van der Waals surface area contributed by atoms with Crippen molar-refractivity contribution >= 4 is 16.6 Å². The van der Waals surface area contributed by atoms with Crippen LogP contribution < -0.4 is 10.0 Å². The van der Waals surface area contributed by atoms with Gasteiger partial charge in [-0.25, -0.2) is 0 Å². The quantitative estimate of drug-likeness (QED) is 0.830. The third-order valence-electron chi connectivity index (χ3n) is 5.34. The Balaban J connectivity index is 2.13. The van der Waals surface area contributed by atoms with E-state index in [1.54, 1.807) is 20.4 Å². The van der Waals surface area contributed by atoms with Crippen LogP contribution in [0, 0.1) is 11.3 Å². The van der Waals surface area contributed by atoms with Crippen molar-refractivity contribution < 1.29 is 14.6 Å². The van der Waals surface area contributed by atoms with E-state index in [4.69, 9.17) is 9.47 Å². The lowest BCUT2D eigenvalue weighted by Gasteiger charge is -2.40. The fourth-order valence-corrected chi connectivity index (χ4v) is 3.32. The first-order chi connectivity index (χ1) is 12.4. The second-order valence-electron chi connectivity index (χ2n) is 6.90. The lowest BCUT2D eigenvalue weighted by Crippen LogP contribution is -2.44. The smallest absolute Gasteiger partial charge is 0.102 e. The van der Waals surface area contributed by atoms with Gasteiger partial charge in [-0.2, -0.15) is 5.26 Å². The zero-order chi connectivity index (χ0) is 18.9. The normalized spacial score (nSPS) is 17.9. The number of rotatable bonds is 4. The highest BCUT2D eigenvalue weighted by atomic mass is 16.5. The van der Waals surface area contributed by atoms with Crippen LogP contribution in [-0.4, -0.2) is 42.9 Å². The Morgan fingerprint density at radius 2 is 2.04 bits per heavy atom. The van der Waals surface area contributed by atoms with Gasteiger partial charge in [0.05, 0.1) is 40.4 Å². The summed E-state index contributed by atoms with van der Waals surface area (Å²) in [5, 5.41) is 22.7. The fourth-order valence-electron chi connectivity index (χ4n) is 3.32. The molecule has 1 saturated heterocycles. The van der Waals surface area contributed by atoms with Gasteiger partial charge in [0.1, 0.15) is 6.07 Å². The second-order valence-corrected chi connectivity index (χ2v) is 6.90. The third kappa shape index (κ3) is 3.18. The number of fused-ring (bicyclic) bond motifs is 1. The summed E-state index contributed by atoms with van der Waals surface area (Å²) in [6.07, 6.45) is 3.02. The molecule has 0 N–H and O–H groups in total. The molecule has 26 heavy (non-hydrogen) atoms. The summed E-state index contributed by atoms with van der Waals surface area (Å²) in [6, 6.07) is 3.92. The zero-order valence-corrected chi connectivity index (χ0v) is 15.6. The van der Waals surface area contributed by atoms with Gasteiger partial charge in [0, 0.05) is 38.6 Å². The van der Waals surface area contributed by atoms with Crippen molar-refractivity contribution in [3.63, 3.8) is 0 Å². The number of nitriles is 1. The van der Waals surface area contributed by atoms with Crippen LogP contribution >= 0.6 is 0 Å². The van der Waals surface area contributed by atoms with Gasteiger partial charge in [-0.05, 0) is 32.8 Å². The Kier molecular flexibility index (Phi) is 4.99. The number of methoxy groups -OCH3 is 2. The first-order valence-electron chi connectivity index (χ1n) is 8.66. The summed E-state index contributed by atoms with van der Waals surface area (Å²) in [7, 11) is 3.34. The van der Waals surface area contributed by atoms with E-state index in [2.05, 4.69) is 27.9 Å². The van der Waals surface area contributed by atoms with Crippen LogP contribution in [0.3, 0.4) is 0 Å². The molecule has 0 amide bonds. The van der Waals surface area contributed by atoms with Gasteiger partial charge in [0.25, 0.3) is 0 Å². The van der Waals surface area contributed by atoms with E-state index in [0.717, 1.165) is 23.9 Å². The van der Waals surface area contributed by atoms with Crippen molar-refractivity contribution in [1.82, 2.24) is 9.97 Å². The topological polar surface area (TPSA) is 94.3 Å². The van der Waals surface area contributed by atoms with Crippen LogP contribution in [0.1, 0.15) is 44.1 Å². The molecule has 0 aromatic carbocycles. The number of aromatic nitrogens is 2. The maximum absolute atomic E-state index is 12.3. The van der Waals surface area contributed by atoms with Crippen LogP contribution in [-0.2, 0) is 9.47 Å². The average molecular weight is 355 g/mol. The lowest BCUT2D eigenvalue weighted by atomic mass is 9.92. The molecular formula is C19H23N4O3-. The predicted octanol–water partition coefficient (Wildman–Crippen LogP) is 2.29. The van der Waals surface area contributed by atoms with E-state index in [1.807, 2.05) is 13.0 Å². The van der Waals surface area contributed by atoms with Gasteiger partial charge >= 0.3 is 0 Å². The van der Waals surface area contributed by atoms with Gasteiger partial charge in [-0.3, -0.25) is 9.97 Å². The monoisotopic (exact) mass is 355 g/mol. The van der Waals surface area contributed by atoms with Gasteiger partial charge < -0.3 is 19.5 Å². The summed E-state index contributed by atoms with van der Waals surface area (Å²) < 4.78 is 11.0. The van der Waals surface area contributed by atoms with Crippen molar-refractivity contribution in [1.29, 1.82) is 5.26 Å². The molecule has 138 valence electrons. The van der Waals surface area contributed by atoms with E-state index in [0.29, 0.717) is 24.3 Å². The summed E-state index contributed by atoms with van der Waals surface area (Å²) in [5.41, 5.74) is 1.79. The van der Waals surface area contributed by atoms with E-state index >= 15 is 0 Å². The van der Waals surface area contributed by atoms with Crippen molar-refractivity contribution in [2.45, 2.75) is 38.4 Å². The summed E-state index contributed by atoms with van der Waals surface area (Å²) in [6.45, 7) is 5.39. The van der Waals surface area contributed by atoms with Crippen molar-refractivity contribution in [2.75, 3.05) is 32.2 Å². The van der Waals surface area contributed by atoms with Gasteiger partial charge in [-0.15, -0.1) is 0 Å². The largest absolute Gasteiger partial charge is 0.858 e. The molecule has 1 atom stereocenters. The van der Waals surface area contributed by atoms with Crippen molar-refractivity contribution in [3.8, 4) is 11.9 Å². The molecule has 2 aromatic rings. The van der Waals surface area contributed by atoms with Crippen molar-refractivity contribution in [3.05, 3.63) is 23.5 Å². The summed E-state index contributed by atoms with van der Waals surface area (Å²) in [4.78, 5) is 10.5. The maximum Gasteiger partial charge on any atom is 0.102 e. The molecule has 3 heterocycles. The SMILES string of the molecule is COC(C)c1cc2c(N3CCC(C)(OC)CC3)c(C#N)c([O-])nc2cn1. The Labute approximate surface area is 153 Å². The molecule has 1 aliphatic rings. The van der Waals surface area contributed by atoms with Crippen LogP contribution in [0.5, 0.6) is 5.88 Å². The number of nitrogens with zero attached hydrogens (tertiary/aromatic N) is 4. The summed E-state index contributed by atoms with van der Waals surface area (Å²) >= 11 is 0. The minimum absolute atomic E-state index is 0.0840. The van der Waals surface area contributed by atoms with Gasteiger partial charge in [0.2, 0.25) is 0 Å². The maximum atomic E-state index is 12.3.